The van der Waals surface area contributed by atoms with Crippen LogP contribution in [0.5, 0.6) is 0 Å². The molecule has 0 aromatic carbocycles. The van der Waals surface area contributed by atoms with E-state index in [0.717, 1.165) is 4.48 Å². The molecule has 0 fully saturated rings. The number of hydrogen-bond donors (Lipinski definition) is 1. The van der Waals surface area contributed by atoms with Crippen molar-refractivity contribution in [2.45, 2.75) is 5.08 Å². The van der Waals surface area contributed by atoms with Crippen LogP contribution >= 0.6 is 31.9 Å². The zero-order valence-corrected chi connectivity index (χ0v) is 8.89. The Labute approximate surface area is 85.1 Å². The Morgan fingerprint density at radius 3 is 3.00 bits per heavy atom. The Morgan fingerprint density at radius 1 is 1.50 bits per heavy atom. The van der Waals surface area contributed by atoms with Gasteiger partial charge in [0.05, 0.1) is 4.48 Å². The Bertz CT molecular complexity index is 345. The molecule has 0 spiro atoms. The van der Waals surface area contributed by atoms with Gasteiger partial charge in [0.15, 0.2) is 10.8 Å². The van der Waals surface area contributed by atoms with E-state index in [1.54, 1.807) is 6.20 Å². The SMILES string of the molecule is O=C1NC(Br)N=C2C(Br)=CN=C12. The molecule has 6 heteroatoms. The summed E-state index contributed by atoms with van der Waals surface area (Å²) in [6, 6.07) is 0. The average Bonchev–Trinajstić information content (AvgIpc) is 2.33. The molecule has 2 rings (SSSR count). The highest BCUT2D eigenvalue weighted by molar-refractivity contribution is 9.12. The van der Waals surface area contributed by atoms with Gasteiger partial charge in [-0.15, -0.1) is 0 Å². The molecule has 2 heterocycles. The first-order chi connectivity index (χ1) is 5.68. The van der Waals surface area contributed by atoms with Crippen molar-refractivity contribution in [2.24, 2.45) is 9.98 Å². The van der Waals surface area contributed by atoms with Crippen molar-refractivity contribution in [3.05, 3.63) is 10.7 Å². The fraction of sp³-hybridized carbons (Fsp3) is 0.167. The first kappa shape index (κ1) is 8.12. The highest BCUT2D eigenvalue weighted by Gasteiger charge is 2.29. The minimum atomic E-state index is -0.349. The zero-order valence-electron chi connectivity index (χ0n) is 5.71. The van der Waals surface area contributed by atoms with Gasteiger partial charge in [-0.2, -0.15) is 0 Å². The zero-order chi connectivity index (χ0) is 8.72. The lowest BCUT2D eigenvalue weighted by atomic mass is 10.2. The minimum absolute atomic E-state index is 0.201. The normalized spacial score (nSPS) is 27.0. The van der Waals surface area contributed by atoms with E-state index >= 15 is 0 Å². The van der Waals surface area contributed by atoms with Crippen molar-refractivity contribution in [1.82, 2.24) is 5.32 Å². The van der Waals surface area contributed by atoms with E-state index < -0.39 is 0 Å². The highest BCUT2D eigenvalue weighted by atomic mass is 79.9. The number of rotatable bonds is 0. The molecule has 1 atom stereocenters. The average molecular weight is 293 g/mol. The van der Waals surface area contributed by atoms with Crippen LogP contribution in [0.4, 0.5) is 0 Å². The summed E-state index contributed by atoms with van der Waals surface area (Å²) in [6.07, 6.45) is 1.57. The van der Waals surface area contributed by atoms with Crippen molar-refractivity contribution in [1.29, 1.82) is 0 Å². The summed E-state index contributed by atoms with van der Waals surface area (Å²) in [5.74, 6) is -0.201. The molecule has 1 unspecified atom stereocenters. The van der Waals surface area contributed by atoms with Gasteiger partial charge in [-0.25, -0.2) is 9.98 Å². The van der Waals surface area contributed by atoms with E-state index in [4.69, 9.17) is 0 Å². The molecule has 0 aliphatic carbocycles. The highest BCUT2D eigenvalue weighted by Crippen LogP contribution is 2.20. The molecule has 0 aromatic heterocycles. The van der Waals surface area contributed by atoms with Gasteiger partial charge in [-0.3, -0.25) is 4.79 Å². The van der Waals surface area contributed by atoms with E-state index in [1.165, 1.54) is 0 Å². The second kappa shape index (κ2) is 2.77. The molecule has 62 valence electrons. The number of allylic oxidation sites excluding steroid dienone is 1. The minimum Gasteiger partial charge on any atom is -0.320 e. The molecule has 0 aromatic rings. The molecular weight excluding hydrogens is 290 g/mol. The van der Waals surface area contributed by atoms with Crippen molar-refractivity contribution in [3.63, 3.8) is 0 Å². The van der Waals surface area contributed by atoms with Gasteiger partial charge in [0, 0.05) is 6.20 Å². The van der Waals surface area contributed by atoms with Crippen molar-refractivity contribution >= 4 is 49.2 Å². The van der Waals surface area contributed by atoms with E-state index in [2.05, 4.69) is 47.2 Å². The smallest absolute Gasteiger partial charge is 0.274 e. The molecule has 0 saturated carbocycles. The lowest BCUT2D eigenvalue weighted by Gasteiger charge is -2.15. The van der Waals surface area contributed by atoms with Crippen LogP contribution in [0, 0.1) is 0 Å². The van der Waals surface area contributed by atoms with E-state index in [1.807, 2.05) is 0 Å². The topological polar surface area (TPSA) is 53.8 Å². The van der Waals surface area contributed by atoms with Gasteiger partial charge < -0.3 is 5.32 Å². The van der Waals surface area contributed by atoms with Gasteiger partial charge >= 0.3 is 0 Å². The van der Waals surface area contributed by atoms with Gasteiger partial charge in [0.2, 0.25) is 0 Å². The molecule has 0 radical (unpaired) electrons. The molecule has 1 amide bonds. The predicted molar refractivity (Wildman–Crippen MR) is 52.7 cm³/mol. The quantitative estimate of drug-likeness (QED) is 0.524. The van der Waals surface area contributed by atoms with Gasteiger partial charge in [0.25, 0.3) is 5.91 Å². The fourth-order valence-corrected chi connectivity index (χ4v) is 1.77. The van der Waals surface area contributed by atoms with Crippen molar-refractivity contribution in [3.8, 4) is 0 Å². The summed E-state index contributed by atoms with van der Waals surface area (Å²) in [5, 5.41) is 2.23. The number of nitrogens with zero attached hydrogens (tertiary/aromatic N) is 2. The summed E-state index contributed by atoms with van der Waals surface area (Å²) in [4.78, 5) is 19.3. The van der Waals surface area contributed by atoms with Crippen LogP contribution in [-0.2, 0) is 4.79 Å². The van der Waals surface area contributed by atoms with Crippen molar-refractivity contribution in [2.75, 3.05) is 0 Å². The number of carbonyl (C=O) groups is 1. The van der Waals surface area contributed by atoms with E-state index in [0.29, 0.717) is 11.4 Å². The number of halogens is 2. The number of amides is 1. The number of nitrogens with one attached hydrogen (secondary N) is 1. The molecule has 12 heavy (non-hydrogen) atoms. The second-order valence-electron chi connectivity index (χ2n) is 2.24. The third kappa shape index (κ3) is 1.15. The van der Waals surface area contributed by atoms with Crippen LogP contribution in [0.3, 0.4) is 0 Å². The lowest BCUT2D eigenvalue weighted by molar-refractivity contribution is -0.114. The third-order valence-electron chi connectivity index (χ3n) is 1.47. The van der Waals surface area contributed by atoms with Crippen LogP contribution in [0.1, 0.15) is 0 Å². The van der Waals surface area contributed by atoms with Crippen LogP contribution in [0.2, 0.25) is 0 Å². The Morgan fingerprint density at radius 2 is 2.25 bits per heavy atom. The molecule has 2 aliphatic heterocycles. The first-order valence-electron chi connectivity index (χ1n) is 3.15. The Balaban J connectivity index is 2.46. The molecule has 2 aliphatic rings. The van der Waals surface area contributed by atoms with Crippen LogP contribution in [-0.4, -0.2) is 22.4 Å². The number of alkyl halides is 1. The third-order valence-corrected chi connectivity index (χ3v) is 2.48. The van der Waals surface area contributed by atoms with Gasteiger partial charge in [0.1, 0.15) is 5.71 Å². The largest absolute Gasteiger partial charge is 0.320 e. The summed E-state index contributed by atoms with van der Waals surface area (Å²) in [6.45, 7) is 0. The molecule has 4 nitrogen and oxygen atoms in total. The maximum Gasteiger partial charge on any atom is 0.274 e. The van der Waals surface area contributed by atoms with Crippen molar-refractivity contribution < 1.29 is 4.79 Å². The van der Waals surface area contributed by atoms with Crippen LogP contribution in [0.15, 0.2) is 20.7 Å². The summed E-state index contributed by atoms with van der Waals surface area (Å²) in [7, 11) is 0. The molecule has 0 saturated heterocycles. The number of hydrogen-bond acceptors (Lipinski definition) is 3. The van der Waals surface area contributed by atoms with Gasteiger partial charge in [-0.1, -0.05) is 0 Å². The molecule has 1 N–H and O–H groups in total. The maximum absolute atomic E-state index is 11.2. The Kier molecular flexibility index (Phi) is 1.88. The Hall–Kier alpha value is -0.490. The summed E-state index contributed by atoms with van der Waals surface area (Å²) < 4.78 is 0.747. The van der Waals surface area contributed by atoms with Crippen LogP contribution in [0.25, 0.3) is 0 Å². The summed E-state index contributed by atoms with van der Waals surface area (Å²) in [5.41, 5.74) is 0.984. The summed E-state index contributed by atoms with van der Waals surface area (Å²) >= 11 is 6.42. The fourth-order valence-electron chi connectivity index (χ4n) is 0.968. The lowest BCUT2D eigenvalue weighted by Crippen LogP contribution is -2.43. The van der Waals surface area contributed by atoms with E-state index in [9.17, 15) is 4.79 Å². The van der Waals surface area contributed by atoms with E-state index in [-0.39, 0.29) is 11.0 Å². The number of aliphatic imine (C=N–C) groups is 2. The predicted octanol–water partition coefficient (Wildman–Crippen LogP) is 0.927. The first-order valence-corrected chi connectivity index (χ1v) is 4.86. The standard InChI is InChI=1S/C6H3Br2N3O/c7-2-1-9-4-3(2)10-6(8)11-5(4)12/h1,6H,(H,11,12). The second-order valence-corrected chi connectivity index (χ2v) is 3.96. The monoisotopic (exact) mass is 291 g/mol. The number of carbonyl (C=O) groups excluding carboxylic acids is 1. The molecule has 0 bridgehead atoms. The maximum atomic E-state index is 11.2. The van der Waals surface area contributed by atoms with Gasteiger partial charge in [-0.05, 0) is 31.9 Å². The molecular formula is C6H3Br2N3O. The van der Waals surface area contributed by atoms with Crippen LogP contribution < -0.4 is 5.32 Å². The number of fused-ring (bicyclic) bond motifs is 1.